The molecule has 2 atom stereocenters. The van der Waals surface area contributed by atoms with E-state index in [1.54, 1.807) is 7.11 Å². The number of nitrogens with one attached hydrogen (secondary N) is 3. The molecule has 3 heterocycles. The number of pyridine rings is 1. The van der Waals surface area contributed by atoms with Crippen molar-refractivity contribution in [3.63, 3.8) is 0 Å². The molecule has 2 aromatic heterocycles. The van der Waals surface area contributed by atoms with E-state index in [1.165, 1.54) is 40.8 Å². The fourth-order valence-electron chi connectivity index (χ4n) is 5.80. The molecular formula is C27H31N3O4S. The fraction of sp³-hybridized carbons (Fsp3) is 0.481. The van der Waals surface area contributed by atoms with Gasteiger partial charge in [-0.25, -0.2) is 4.79 Å². The number of ether oxygens (including phenoxy) is 1. The number of hydrogen-bond acceptors (Lipinski definition) is 6. The largest absolute Gasteiger partial charge is 0.494 e. The Hall–Kier alpha value is -2.68. The predicted molar refractivity (Wildman–Crippen MR) is 138 cm³/mol. The highest BCUT2D eigenvalue weighted by Crippen LogP contribution is 2.52. The van der Waals surface area contributed by atoms with Crippen LogP contribution < -0.4 is 20.8 Å². The summed E-state index contributed by atoms with van der Waals surface area (Å²) in [6.45, 7) is 2.11. The molecular weight excluding hydrogens is 462 g/mol. The third-order valence-corrected chi connectivity index (χ3v) is 8.98. The van der Waals surface area contributed by atoms with Gasteiger partial charge in [-0.1, -0.05) is 0 Å². The number of methoxy groups -OCH3 is 1. The number of aromatic amines is 1. The van der Waals surface area contributed by atoms with Crippen molar-refractivity contribution in [2.75, 3.05) is 20.2 Å². The molecule has 2 unspecified atom stereocenters. The van der Waals surface area contributed by atoms with Crippen LogP contribution in [0.4, 0.5) is 0 Å². The van der Waals surface area contributed by atoms with Gasteiger partial charge in [-0.2, -0.15) is 0 Å². The van der Waals surface area contributed by atoms with E-state index >= 15 is 0 Å². The lowest BCUT2D eigenvalue weighted by Gasteiger charge is -2.25. The van der Waals surface area contributed by atoms with Gasteiger partial charge in [0.1, 0.15) is 5.56 Å². The Bertz CT molecular complexity index is 1350. The lowest BCUT2D eigenvalue weighted by Crippen LogP contribution is -2.36. The van der Waals surface area contributed by atoms with E-state index in [4.69, 9.17) is 4.74 Å². The molecule has 2 aliphatic carbocycles. The second-order valence-corrected chi connectivity index (χ2v) is 11.2. The molecule has 0 radical (unpaired) electrons. The molecule has 1 saturated heterocycles. The summed E-state index contributed by atoms with van der Waals surface area (Å²) in [6.07, 6.45) is 9.34. The number of aromatic nitrogens is 1. The Morgan fingerprint density at radius 1 is 1.20 bits per heavy atom. The summed E-state index contributed by atoms with van der Waals surface area (Å²) >= 11 is 1.84. The summed E-state index contributed by atoms with van der Waals surface area (Å²) in [5.41, 5.74) is 3.40. The lowest BCUT2D eigenvalue weighted by atomic mass is 9.91. The number of H-pyrrole nitrogens is 1. The summed E-state index contributed by atoms with van der Waals surface area (Å²) in [5, 5.41) is 17.2. The molecule has 7 nitrogen and oxygen atoms in total. The van der Waals surface area contributed by atoms with Crippen molar-refractivity contribution >= 4 is 28.2 Å². The number of benzene rings is 1. The summed E-state index contributed by atoms with van der Waals surface area (Å²) < 4.78 is 5.93. The average Bonchev–Trinajstić information content (AvgIpc) is 3.39. The first kappa shape index (κ1) is 22.8. The molecule has 0 spiro atoms. The van der Waals surface area contributed by atoms with Crippen molar-refractivity contribution in [2.24, 2.45) is 0 Å². The van der Waals surface area contributed by atoms with Crippen molar-refractivity contribution in [2.45, 2.75) is 62.9 Å². The standard InChI is InChI=1S/C27H31N3O4S/c1-34-26-23(16(14-7-8-14)10-18-24(26)30-13-19(25(18)31)27(32)33)22-11-17-20(5-2-6-21(17)35-22)29-12-15-4-3-9-28-15/h10-11,13-15,20,28-29H,2-9,12H2,1H3,(H,30,31)(H,32,33). The van der Waals surface area contributed by atoms with Crippen LogP contribution in [0.3, 0.4) is 0 Å². The zero-order chi connectivity index (χ0) is 24.1. The Balaban J connectivity index is 1.45. The van der Waals surface area contributed by atoms with Gasteiger partial charge in [0, 0.05) is 40.1 Å². The number of fused-ring (bicyclic) bond motifs is 2. The van der Waals surface area contributed by atoms with E-state index in [1.807, 2.05) is 17.4 Å². The van der Waals surface area contributed by atoms with Crippen LogP contribution in [0.25, 0.3) is 21.3 Å². The Kier molecular flexibility index (Phi) is 5.90. The van der Waals surface area contributed by atoms with Gasteiger partial charge >= 0.3 is 5.97 Å². The first-order valence-corrected chi connectivity index (χ1v) is 13.5. The lowest BCUT2D eigenvalue weighted by molar-refractivity contribution is 0.0695. The number of hydrogen-bond donors (Lipinski definition) is 4. The normalized spacial score (nSPS) is 21.9. The van der Waals surface area contributed by atoms with E-state index in [0.717, 1.165) is 49.9 Å². The summed E-state index contributed by atoms with van der Waals surface area (Å²) in [7, 11) is 1.63. The number of aryl methyl sites for hydroxylation is 1. The zero-order valence-electron chi connectivity index (χ0n) is 19.9. The van der Waals surface area contributed by atoms with Gasteiger partial charge in [0.25, 0.3) is 0 Å². The fourth-order valence-corrected chi connectivity index (χ4v) is 7.12. The van der Waals surface area contributed by atoms with Crippen LogP contribution in [0.1, 0.15) is 76.8 Å². The van der Waals surface area contributed by atoms with Crippen LogP contribution >= 0.6 is 11.3 Å². The van der Waals surface area contributed by atoms with E-state index in [9.17, 15) is 14.7 Å². The van der Waals surface area contributed by atoms with Gasteiger partial charge in [0.05, 0.1) is 18.0 Å². The number of thiophene rings is 1. The highest BCUT2D eigenvalue weighted by molar-refractivity contribution is 7.15. The van der Waals surface area contributed by atoms with Crippen LogP contribution in [0.5, 0.6) is 5.75 Å². The predicted octanol–water partition coefficient (Wildman–Crippen LogP) is 4.56. The monoisotopic (exact) mass is 493 g/mol. The molecule has 8 heteroatoms. The van der Waals surface area contributed by atoms with E-state index < -0.39 is 11.4 Å². The first-order chi connectivity index (χ1) is 17.0. The third kappa shape index (κ3) is 4.07. The van der Waals surface area contributed by atoms with Crippen LogP contribution in [-0.4, -0.2) is 42.3 Å². The second-order valence-electron chi connectivity index (χ2n) is 10.0. The first-order valence-electron chi connectivity index (χ1n) is 12.6. The Morgan fingerprint density at radius 2 is 2.06 bits per heavy atom. The SMILES string of the molecule is COc1c(-c2cc3c(s2)CCCC3NCC2CCCN2)c(C2CC2)cc2c(=O)c(C(=O)O)c[nH]c12. The van der Waals surface area contributed by atoms with E-state index in [-0.39, 0.29) is 5.56 Å². The molecule has 1 aromatic carbocycles. The molecule has 3 aliphatic rings. The van der Waals surface area contributed by atoms with Crippen molar-refractivity contribution in [1.29, 1.82) is 0 Å². The third-order valence-electron chi connectivity index (χ3n) is 7.75. The second kappa shape index (κ2) is 9.08. The Labute approximate surface area is 207 Å². The number of aromatic carboxylic acids is 1. The van der Waals surface area contributed by atoms with Gasteiger partial charge in [-0.05, 0) is 80.7 Å². The Morgan fingerprint density at radius 3 is 2.77 bits per heavy atom. The molecule has 3 aromatic rings. The molecule has 35 heavy (non-hydrogen) atoms. The number of carboxylic acids is 1. The minimum atomic E-state index is -1.22. The summed E-state index contributed by atoms with van der Waals surface area (Å²) in [6, 6.07) is 5.17. The average molecular weight is 494 g/mol. The zero-order valence-corrected chi connectivity index (χ0v) is 20.7. The molecule has 0 bridgehead atoms. The van der Waals surface area contributed by atoms with Gasteiger partial charge in [-0.3, -0.25) is 4.79 Å². The molecule has 2 fully saturated rings. The van der Waals surface area contributed by atoms with Gasteiger partial charge < -0.3 is 25.5 Å². The van der Waals surface area contributed by atoms with Gasteiger partial charge in [0.15, 0.2) is 5.75 Å². The maximum absolute atomic E-state index is 13.0. The van der Waals surface area contributed by atoms with Gasteiger partial charge in [0.2, 0.25) is 5.43 Å². The van der Waals surface area contributed by atoms with Crippen LogP contribution in [0.15, 0.2) is 23.1 Å². The quantitative estimate of drug-likeness (QED) is 0.385. The maximum Gasteiger partial charge on any atom is 0.341 e. The minimum Gasteiger partial charge on any atom is -0.494 e. The molecule has 0 amide bonds. The number of rotatable bonds is 7. The van der Waals surface area contributed by atoms with Crippen LogP contribution in [-0.2, 0) is 6.42 Å². The maximum atomic E-state index is 13.0. The van der Waals surface area contributed by atoms with Crippen molar-refractivity contribution in [1.82, 2.24) is 15.6 Å². The topological polar surface area (TPSA) is 103 Å². The molecule has 1 aliphatic heterocycles. The summed E-state index contributed by atoms with van der Waals surface area (Å²) in [4.78, 5) is 30.2. The number of carbonyl (C=O) groups is 1. The molecule has 184 valence electrons. The van der Waals surface area contributed by atoms with Crippen molar-refractivity contribution in [3.8, 4) is 16.2 Å². The summed E-state index contributed by atoms with van der Waals surface area (Å²) in [5.74, 6) is -0.212. The highest BCUT2D eigenvalue weighted by atomic mass is 32.1. The van der Waals surface area contributed by atoms with Crippen molar-refractivity contribution < 1.29 is 14.6 Å². The smallest absolute Gasteiger partial charge is 0.341 e. The highest BCUT2D eigenvalue weighted by Gasteiger charge is 2.33. The molecule has 4 N–H and O–H groups in total. The van der Waals surface area contributed by atoms with Gasteiger partial charge in [-0.15, -0.1) is 11.3 Å². The molecule has 6 rings (SSSR count). The van der Waals surface area contributed by atoms with E-state index in [2.05, 4.69) is 21.7 Å². The van der Waals surface area contributed by atoms with Crippen LogP contribution in [0, 0.1) is 0 Å². The minimum absolute atomic E-state index is 0.244. The molecule has 1 saturated carbocycles. The van der Waals surface area contributed by atoms with Crippen LogP contribution in [0.2, 0.25) is 0 Å². The van der Waals surface area contributed by atoms with Crippen molar-refractivity contribution in [3.05, 3.63) is 50.1 Å². The van der Waals surface area contributed by atoms with E-state index in [0.29, 0.717) is 34.7 Å². The number of carboxylic acid groups (broad SMARTS) is 1.